The quantitative estimate of drug-likeness (QED) is 0.642. The minimum Gasteiger partial charge on any atom is -0.395 e. The zero-order valence-electron chi connectivity index (χ0n) is 16.9. The molecule has 1 aliphatic heterocycles. The molecule has 2 aliphatic rings. The molecular formula is C23H26N4O2. The van der Waals surface area contributed by atoms with E-state index in [0.717, 1.165) is 53.8 Å². The van der Waals surface area contributed by atoms with E-state index in [2.05, 4.69) is 34.6 Å². The van der Waals surface area contributed by atoms with Gasteiger partial charge in [-0.15, -0.1) is 0 Å². The third-order valence-electron chi connectivity index (χ3n) is 6.43. The summed E-state index contributed by atoms with van der Waals surface area (Å²) in [5, 5.41) is 13.1. The number of aromatic nitrogens is 2. The normalized spacial score (nSPS) is 16.5. The van der Waals surface area contributed by atoms with Crippen molar-refractivity contribution in [3.05, 3.63) is 58.4 Å². The van der Waals surface area contributed by atoms with Crippen LogP contribution in [0.25, 0.3) is 11.0 Å². The summed E-state index contributed by atoms with van der Waals surface area (Å²) < 4.78 is 0. The number of rotatable bonds is 3. The summed E-state index contributed by atoms with van der Waals surface area (Å²) in [6.45, 7) is 2.21. The maximum atomic E-state index is 13.1. The molecule has 0 unspecified atom stereocenters. The summed E-state index contributed by atoms with van der Waals surface area (Å²) in [5.74, 6) is 0.781. The molecule has 6 heteroatoms. The Morgan fingerprint density at radius 1 is 1.28 bits per heavy atom. The fourth-order valence-corrected chi connectivity index (χ4v) is 5.01. The SMILES string of the molecule is Cc1nc2c3c(c(C(=O)N(C)CCO)cc2[nH]1)CCC1(Cc2ccccc2C1)N3. The number of aliphatic hydroxyl groups is 1. The molecule has 2 heterocycles. The number of imidazole rings is 1. The number of benzene rings is 2. The molecule has 5 rings (SSSR count). The highest BCUT2D eigenvalue weighted by Gasteiger charge is 2.41. The third-order valence-corrected chi connectivity index (χ3v) is 6.43. The zero-order valence-corrected chi connectivity index (χ0v) is 16.9. The molecule has 0 fully saturated rings. The standard InChI is InChI=1S/C23H26N4O2/c1-14-24-19-11-18(22(29)27(2)9-10-28)17-7-8-23(26-20(17)21(19)25-14)12-15-5-3-4-6-16(15)13-23/h3-6,11,26,28H,7-10,12-13H2,1-2H3,(H,24,25). The fraction of sp³-hybridized carbons (Fsp3) is 0.391. The predicted molar refractivity (Wildman–Crippen MR) is 113 cm³/mol. The topological polar surface area (TPSA) is 81.2 Å². The summed E-state index contributed by atoms with van der Waals surface area (Å²) in [7, 11) is 1.73. The van der Waals surface area contributed by atoms with E-state index in [1.165, 1.54) is 11.1 Å². The Balaban J connectivity index is 1.60. The number of aryl methyl sites for hydroxylation is 1. The van der Waals surface area contributed by atoms with Crippen LogP contribution in [0.2, 0.25) is 0 Å². The van der Waals surface area contributed by atoms with Crippen molar-refractivity contribution >= 4 is 22.6 Å². The first-order valence-electron chi connectivity index (χ1n) is 10.2. The molecule has 1 spiro atoms. The van der Waals surface area contributed by atoms with E-state index >= 15 is 0 Å². The van der Waals surface area contributed by atoms with E-state index in [9.17, 15) is 9.90 Å². The lowest BCUT2D eigenvalue weighted by Gasteiger charge is -2.38. The van der Waals surface area contributed by atoms with Gasteiger partial charge in [-0.3, -0.25) is 4.79 Å². The Labute approximate surface area is 170 Å². The molecule has 0 radical (unpaired) electrons. The molecule has 0 saturated carbocycles. The summed E-state index contributed by atoms with van der Waals surface area (Å²) in [5.41, 5.74) is 7.32. The lowest BCUT2D eigenvalue weighted by atomic mass is 9.82. The summed E-state index contributed by atoms with van der Waals surface area (Å²) in [4.78, 5) is 22.7. The van der Waals surface area contributed by atoms with Crippen molar-refractivity contribution in [2.24, 2.45) is 0 Å². The van der Waals surface area contributed by atoms with E-state index in [1.807, 2.05) is 13.0 Å². The van der Waals surface area contributed by atoms with Gasteiger partial charge in [-0.1, -0.05) is 24.3 Å². The molecule has 1 aliphatic carbocycles. The Morgan fingerprint density at radius 3 is 2.69 bits per heavy atom. The maximum Gasteiger partial charge on any atom is 0.254 e. The highest BCUT2D eigenvalue weighted by molar-refractivity contribution is 6.04. The number of anilines is 1. The number of aliphatic hydroxyl groups excluding tert-OH is 1. The lowest BCUT2D eigenvalue weighted by molar-refractivity contribution is 0.0765. The van der Waals surface area contributed by atoms with E-state index in [4.69, 9.17) is 4.98 Å². The number of carbonyl (C=O) groups excluding carboxylic acids is 1. The molecule has 1 aromatic heterocycles. The van der Waals surface area contributed by atoms with Crippen LogP contribution in [0.3, 0.4) is 0 Å². The first-order valence-corrected chi connectivity index (χ1v) is 10.2. The summed E-state index contributed by atoms with van der Waals surface area (Å²) in [6, 6.07) is 10.6. The fourth-order valence-electron chi connectivity index (χ4n) is 5.01. The second-order valence-electron chi connectivity index (χ2n) is 8.47. The van der Waals surface area contributed by atoms with Gasteiger partial charge in [-0.05, 0) is 55.4 Å². The number of hydrogen-bond acceptors (Lipinski definition) is 4. The molecule has 0 saturated heterocycles. The van der Waals surface area contributed by atoms with Crippen molar-refractivity contribution in [2.45, 2.75) is 38.1 Å². The monoisotopic (exact) mass is 390 g/mol. The minimum absolute atomic E-state index is 0.0187. The number of aromatic amines is 1. The molecule has 2 aromatic carbocycles. The van der Waals surface area contributed by atoms with Crippen molar-refractivity contribution < 1.29 is 9.90 Å². The zero-order chi connectivity index (χ0) is 20.2. The van der Waals surface area contributed by atoms with Gasteiger partial charge in [-0.25, -0.2) is 4.98 Å². The molecule has 0 atom stereocenters. The first kappa shape index (κ1) is 18.2. The van der Waals surface area contributed by atoms with Gasteiger partial charge in [0.2, 0.25) is 0 Å². The highest BCUT2D eigenvalue weighted by Crippen LogP contribution is 2.44. The van der Waals surface area contributed by atoms with Crippen molar-refractivity contribution in [3.8, 4) is 0 Å². The Bertz CT molecular complexity index is 1090. The Hall–Kier alpha value is -2.86. The molecule has 0 bridgehead atoms. The minimum atomic E-state index is -0.0584. The number of nitrogens with one attached hydrogen (secondary N) is 2. The van der Waals surface area contributed by atoms with Gasteiger partial charge in [0.05, 0.1) is 17.8 Å². The van der Waals surface area contributed by atoms with Gasteiger partial charge in [-0.2, -0.15) is 0 Å². The van der Waals surface area contributed by atoms with Gasteiger partial charge in [0, 0.05) is 24.7 Å². The maximum absolute atomic E-state index is 13.1. The number of amides is 1. The number of nitrogens with zero attached hydrogens (tertiary/aromatic N) is 2. The molecule has 1 amide bonds. The van der Waals surface area contributed by atoms with Crippen LogP contribution in [0.1, 0.15) is 39.3 Å². The van der Waals surface area contributed by atoms with Crippen LogP contribution in [0.4, 0.5) is 5.69 Å². The van der Waals surface area contributed by atoms with E-state index in [1.54, 1.807) is 11.9 Å². The summed E-state index contributed by atoms with van der Waals surface area (Å²) >= 11 is 0. The van der Waals surface area contributed by atoms with Gasteiger partial charge in [0.15, 0.2) is 0 Å². The van der Waals surface area contributed by atoms with Crippen molar-refractivity contribution in [3.63, 3.8) is 0 Å². The van der Waals surface area contributed by atoms with Crippen LogP contribution in [-0.4, -0.2) is 51.6 Å². The highest BCUT2D eigenvalue weighted by atomic mass is 16.3. The summed E-state index contributed by atoms with van der Waals surface area (Å²) in [6.07, 6.45) is 3.81. The van der Waals surface area contributed by atoms with Crippen LogP contribution < -0.4 is 5.32 Å². The number of hydrogen-bond donors (Lipinski definition) is 3. The van der Waals surface area contributed by atoms with Gasteiger partial charge in [0.25, 0.3) is 5.91 Å². The largest absolute Gasteiger partial charge is 0.395 e. The first-order chi connectivity index (χ1) is 14.0. The predicted octanol–water partition coefficient (Wildman–Crippen LogP) is 2.83. The van der Waals surface area contributed by atoms with Crippen molar-refractivity contribution in [2.75, 3.05) is 25.5 Å². The number of fused-ring (bicyclic) bond motifs is 4. The van der Waals surface area contributed by atoms with E-state index in [0.29, 0.717) is 12.1 Å². The van der Waals surface area contributed by atoms with Crippen molar-refractivity contribution in [1.29, 1.82) is 0 Å². The third kappa shape index (κ3) is 2.90. The molecule has 150 valence electrons. The van der Waals surface area contributed by atoms with Crippen LogP contribution in [0.15, 0.2) is 30.3 Å². The van der Waals surface area contributed by atoms with E-state index in [-0.39, 0.29) is 18.1 Å². The van der Waals surface area contributed by atoms with Crippen molar-refractivity contribution in [1.82, 2.24) is 14.9 Å². The molecule has 3 N–H and O–H groups in total. The van der Waals surface area contributed by atoms with Crippen LogP contribution in [0.5, 0.6) is 0 Å². The molecular weight excluding hydrogens is 364 g/mol. The van der Waals surface area contributed by atoms with E-state index < -0.39 is 0 Å². The number of likely N-dealkylation sites (N-methyl/N-ethyl adjacent to an activating group) is 1. The average Bonchev–Trinajstić information content (AvgIpc) is 3.26. The number of H-pyrrole nitrogens is 1. The Kier molecular flexibility index (Phi) is 4.13. The van der Waals surface area contributed by atoms with Gasteiger partial charge >= 0.3 is 0 Å². The van der Waals surface area contributed by atoms with Crippen LogP contribution >= 0.6 is 0 Å². The number of carbonyl (C=O) groups is 1. The van der Waals surface area contributed by atoms with Gasteiger partial charge < -0.3 is 20.3 Å². The Morgan fingerprint density at radius 2 is 2.00 bits per heavy atom. The van der Waals surface area contributed by atoms with Crippen LogP contribution in [0, 0.1) is 6.92 Å². The molecule has 6 nitrogen and oxygen atoms in total. The molecule has 29 heavy (non-hydrogen) atoms. The average molecular weight is 390 g/mol. The second-order valence-corrected chi connectivity index (χ2v) is 8.47. The van der Waals surface area contributed by atoms with Crippen LogP contribution in [-0.2, 0) is 19.3 Å². The van der Waals surface area contributed by atoms with Gasteiger partial charge in [0.1, 0.15) is 11.3 Å². The second kappa shape index (κ2) is 6.59. The smallest absolute Gasteiger partial charge is 0.254 e. The molecule has 3 aromatic rings. The lowest BCUT2D eigenvalue weighted by Crippen LogP contribution is -2.43.